The second kappa shape index (κ2) is 8.14. The molecule has 4 rings (SSSR count). The summed E-state index contributed by atoms with van der Waals surface area (Å²) in [4.78, 5) is 53.0. The molecule has 2 heterocycles. The Morgan fingerprint density at radius 2 is 1.84 bits per heavy atom. The van der Waals surface area contributed by atoms with Gasteiger partial charge in [-0.25, -0.2) is 4.79 Å². The van der Waals surface area contributed by atoms with Gasteiger partial charge < -0.3 is 15.5 Å². The summed E-state index contributed by atoms with van der Waals surface area (Å²) < 4.78 is 0.682. The van der Waals surface area contributed by atoms with E-state index in [1.807, 2.05) is 6.07 Å². The number of carbonyl (C=O) groups excluding carboxylic acids is 4. The molecule has 2 fully saturated rings. The minimum absolute atomic E-state index is 0.00000192. The Labute approximate surface area is 187 Å². The van der Waals surface area contributed by atoms with Gasteiger partial charge in [-0.05, 0) is 31.5 Å². The molecule has 5 amide bonds. The molecule has 160 valence electrons. The predicted molar refractivity (Wildman–Crippen MR) is 118 cm³/mol. The number of nitrogens with zero attached hydrogens (tertiary/aromatic N) is 2. The molecule has 2 N–H and O–H groups in total. The van der Waals surface area contributed by atoms with E-state index in [-0.39, 0.29) is 5.91 Å². The number of anilines is 2. The number of amides is 5. The van der Waals surface area contributed by atoms with Crippen molar-refractivity contribution in [2.45, 2.75) is 25.3 Å². The highest BCUT2D eigenvalue weighted by Gasteiger charge is 2.50. The van der Waals surface area contributed by atoms with Gasteiger partial charge in [0.05, 0.1) is 11.4 Å². The van der Waals surface area contributed by atoms with Crippen molar-refractivity contribution >= 4 is 51.1 Å². The number of para-hydroxylation sites is 2. The van der Waals surface area contributed by atoms with E-state index in [0.717, 1.165) is 11.3 Å². The van der Waals surface area contributed by atoms with Gasteiger partial charge in [0.1, 0.15) is 12.1 Å². The van der Waals surface area contributed by atoms with Crippen LogP contribution in [0.2, 0.25) is 0 Å². The Hall–Kier alpha value is -3.20. The third-order valence-corrected chi connectivity index (χ3v) is 6.22. The van der Waals surface area contributed by atoms with Gasteiger partial charge in [0.2, 0.25) is 11.8 Å². The smallest absolute Gasteiger partial charge is 0.323 e. The summed E-state index contributed by atoms with van der Waals surface area (Å²) in [7, 11) is 0. The number of rotatable bonds is 5. The Kier molecular flexibility index (Phi) is 5.53. The molecule has 0 aromatic heterocycles. The molecule has 9 heteroatoms. The molecule has 0 saturated carbocycles. The van der Waals surface area contributed by atoms with Crippen LogP contribution in [-0.4, -0.2) is 41.7 Å². The molecule has 1 unspecified atom stereocenters. The van der Waals surface area contributed by atoms with Crippen LogP contribution in [0.15, 0.2) is 53.0 Å². The van der Waals surface area contributed by atoms with Crippen molar-refractivity contribution in [1.82, 2.24) is 10.2 Å². The van der Waals surface area contributed by atoms with E-state index in [9.17, 15) is 19.2 Å². The van der Waals surface area contributed by atoms with Gasteiger partial charge in [-0.3, -0.25) is 19.3 Å². The number of nitrogens with one attached hydrogen (secondary N) is 2. The van der Waals surface area contributed by atoms with Gasteiger partial charge in [-0.1, -0.05) is 46.3 Å². The van der Waals surface area contributed by atoms with Gasteiger partial charge in [0.15, 0.2) is 0 Å². The first-order valence-electron chi connectivity index (χ1n) is 9.89. The van der Waals surface area contributed by atoms with Crippen LogP contribution < -0.4 is 15.5 Å². The highest BCUT2D eigenvalue weighted by Crippen LogP contribution is 2.34. The largest absolute Gasteiger partial charge is 0.325 e. The lowest BCUT2D eigenvalue weighted by molar-refractivity contribution is -0.133. The molecule has 8 nitrogen and oxygen atoms in total. The van der Waals surface area contributed by atoms with Crippen LogP contribution in [0.25, 0.3) is 0 Å². The minimum atomic E-state index is -1.28. The number of hydrogen-bond acceptors (Lipinski definition) is 4. The molecule has 2 aliphatic rings. The molecule has 2 aromatic carbocycles. The summed E-state index contributed by atoms with van der Waals surface area (Å²) in [5.74, 6) is -1.04. The van der Waals surface area contributed by atoms with E-state index in [1.54, 1.807) is 54.3 Å². The number of halogens is 1. The molecule has 2 saturated heterocycles. The fourth-order valence-corrected chi connectivity index (χ4v) is 4.62. The maximum Gasteiger partial charge on any atom is 0.325 e. The molecule has 2 aliphatic heterocycles. The molecular weight excluding hydrogens is 464 g/mol. The van der Waals surface area contributed by atoms with Crippen LogP contribution in [0.5, 0.6) is 0 Å². The fraction of sp³-hybridized carbons (Fsp3) is 0.273. The van der Waals surface area contributed by atoms with E-state index < -0.39 is 29.9 Å². The first kappa shape index (κ1) is 21.0. The Morgan fingerprint density at radius 3 is 2.55 bits per heavy atom. The molecule has 0 aliphatic carbocycles. The third kappa shape index (κ3) is 3.81. The number of imide groups is 1. The van der Waals surface area contributed by atoms with Crippen LogP contribution >= 0.6 is 15.9 Å². The average molecular weight is 485 g/mol. The summed E-state index contributed by atoms with van der Waals surface area (Å²) in [6.07, 6.45) is 1.23. The van der Waals surface area contributed by atoms with E-state index in [2.05, 4.69) is 26.6 Å². The number of urea groups is 1. The van der Waals surface area contributed by atoms with Crippen molar-refractivity contribution < 1.29 is 19.2 Å². The van der Waals surface area contributed by atoms with Gasteiger partial charge in [-0.15, -0.1) is 0 Å². The quantitative estimate of drug-likeness (QED) is 0.637. The van der Waals surface area contributed by atoms with Crippen molar-refractivity contribution in [1.29, 1.82) is 0 Å². The number of carbonyl (C=O) groups is 4. The van der Waals surface area contributed by atoms with Gasteiger partial charge in [-0.2, -0.15) is 0 Å². The number of benzene rings is 2. The fourth-order valence-electron chi connectivity index (χ4n) is 3.94. The van der Waals surface area contributed by atoms with Crippen LogP contribution in [0.4, 0.5) is 16.2 Å². The second-order valence-electron chi connectivity index (χ2n) is 7.64. The summed E-state index contributed by atoms with van der Waals surface area (Å²) in [6, 6.07) is 13.5. The zero-order chi connectivity index (χ0) is 22.2. The van der Waals surface area contributed by atoms with Crippen LogP contribution in [0, 0.1) is 0 Å². The summed E-state index contributed by atoms with van der Waals surface area (Å²) in [5.41, 5.74) is 0.392. The molecule has 2 aromatic rings. The maximum absolute atomic E-state index is 13.1. The van der Waals surface area contributed by atoms with Crippen molar-refractivity contribution in [3.63, 3.8) is 0 Å². The Bertz CT molecular complexity index is 1090. The first-order chi connectivity index (χ1) is 14.8. The maximum atomic E-state index is 13.1. The lowest BCUT2D eigenvalue weighted by Gasteiger charge is -2.23. The second-order valence-corrected chi connectivity index (χ2v) is 8.49. The van der Waals surface area contributed by atoms with E-state index in [4.69, 9.17) is 0 Å². The van der Waals surface area contributed by atoms with Crippen LogP contribution in [-0.2, 0) is 19.9 Å². The minimum Gasteiger partial charge on any atom is -0.323 e. The molecule has 1 atom stereocenters. The SMILES string of the molecule is CC1(c2ccccc2Br)NC(=O)N(CC(=O)Nc2ccccc2N2CCCC2=O)C1=O. The monoisotopic (exact) mass is 484 g/mol. The van der Waals surface area contributed by atoms with Gasteiger partial charge >= 0.3 is 6.03 Å². The first-order valence-corrected chi connectivity index (χ1v) is 10.7. The summed E-state index contributed by atoms with van der Waals surface area (Å²) in [6.45, 7) is 1.76. The molecule has 31 heavy (non-hydrogen) atoms. The summed E-state index contributed by atoms with van der Waals surface area (Å²) >= 11 is 3.42. The van der Waals surface area contributed by atoms with Crippen molar-refractivity contribution in [2.75, 3.05) is 23.3 Å². The van der Waals surface area contributed by atoms with Crippen molar-refractivity contribution in [3.8, 4) is 0 Å². The highest BCUT2D eigenvalue weighted by atomic mass is 79.9. The van der Waals surface area contributed by atoms with Crippen molar-refractivity contribution in [2.24, 2.45) is 0 Å². The lowest BCUT2D eigenvalue weighted by Crippen LogP contribution is -2.42. The van der Waals surface area contributed by atoms with Crippen LogP contribution in [0.3, 0.4) is 0 Å². The summed E-state index contributed by atoms with van der Waals surface area (Å²) in [5, 5.41) is 5.43. The zero-order valence-corrected chi connectivity index (χ0v) is 18.4. The third-order valence-electron chi connectivity index (χ3n) is 5.53. The highest BCUT2D eigenvalue weighted by molar-refractivity contribution is 9.10. The molecule has 0 bridgehead atoms. The molecule has 0 radical (unpaired) electrons. The van der Waals surface area contributed by atoms with Gasteiger partial charge in [0.25, 0.3) is 5.91 Å². The van der Waals surface area contributed by atoms with Gasteiger partial charge in [0, 0.05) is 23.0 Å². The normalized spacial score (nSPS) is 20.9. The van der Waals surface area contributed by atoms with Crippen LogP contribution in [0.1, 0.15) is 25.3 Å². The zero-order valence-electron chi connectivity index (χ0n) is 16.9. The topological polar surface area (TPSA) is 98.8 Å². The van der Waals surface area contributed by atoms with E-state index in [1.165, 1.54) is 0 Å². The lowest BCUT2D eigenvalue weighted by atomic mass is 9.92. The molecular formula is C22H21BrN4O4. The Balaban J connectivity index is 1.51. The van der Waals surface area contributed by atoms with E-state index in [0.29, 0.717) is 34.4 Å². The Morgan fingerprint density at radius 1 is 1.13 bits per heavy atom. The number of hydrogen-bond donors (Lipinski definition) is 2. The van der Waals surface area contributed by atoms with Crippen molar-refractivity contribution in [3.05, 3.63) is 58.6 Å². The standard InChI is InChI=1S/C22H21BrN4O4/c1-22(14-7-2-3-8-15(14)23)20(30)27(21(31)25-22)13-18(28)24-16-9-4-5-10-17(16)26-12-6-11-19(26)29/h2-5,7-10H,6,11-13H2,1H3,(H,24,28)(H,25,31). The van der Waals surface area contributed by atoms with E-state index >= 15 is 0 Å². The predicted octanol–water partition coefficient (Wildman–Crippen LogP) is 2.98. The average Bonchev–Trinajstić information content (AvgIpc) is 3.25. The molecule has 0 spiro atoms.